The first kappa shape index (κ1) is 20.7. The topological polar surface area (TPSA) is 83.5 Å². The fourth-order valence-corrected chi connectivity index (χ4v) is 4.31. The molecule has 2 N–H and O–H groups in total. The Hall–Kier alpha value is -3.55. The van der Waals surface area contributed by atoms with E-state index in [9.17, 15) is 9.59 Å². The van der Waals surface area contributed by atoms with E-state index in [1.165, 1.54) is 17.5 Å². The summed E-state index contributed by atoms with van der Waals surface area (Å²) in [6.45, 7) is 1.79. The number of anilines is 1. The lowest BCUT2D eigenvalue weighted by Crippen LogP contribution is -2.18. The lowest BCUT2D eigenvalue weighted by molar-refractivity contribution is 0.0958. The molecule has 8 heteroatoms. The van der Waals surface area contributed by atoms with Gasteiger partial charge in [0.1, 0.15) is 4.88 Å². The molecule has 0 atom stereocenters. The third-order valence-corrected chi connectivity index (χ3v) is 6.22. The molecule has 4 aromatic rings. The molecule has 154 valence electrons. The molecule has 0 saturated carbocycles. The highest BCUT2D eigenvalue weighted by Gasteiger charge is 2.16. The summed E-state index contributed by atoms with van der Waals surface area (Å²) in [6, 6.07) is 18.2. The van der Waals surface area contributed by atoms with Crippen molar-refractivity contribution in [3.05, 3.63) is 94.1 Å². The van der Waals surface area contributed by atoms with Crippen LogP contribution in [0.25, 0.3) is 10.1 Å². The van der Waals surface area contributed by atoms with Crippen LogP contribution in [0.4, 0.5) is 5.69 Å². The molecule has 6 nitrogen and oxygen atoms in total. The molecule has 0 spiro atoms. The van der Waals surface area contributed by atoms with E-state index in [0.29, 0.717) is 26.9 Å². The van der Waals surface area contributed by atoms with Gasteiger partial charge in [-0.05, 0) is 42.8 Å². The molecule has 0 saturated heterocycles. The highest BCUT2D eigenvalue weighted by Crippen LogP contribution is 2.34. The zero-order chi connectivity index (χ0) is 21.8. The van der Waals surface area contributed by atoms with Crippen molar-refractivity contribution >= 4 is 56.2 Å². The second kappa shape index (κ2) is 9.07. The predicted molar refractivity (Wildman–Crippen MR) is 125 cm³/mol. The van der Waals surface area contributed by atoms with E-state index < -0.39 is 0 Å². The molecule has 0 radical (unpaired) electrons. The molecule has 0 aliphatic rings. The van der Waals surface area contributed by atoms with Crippen LogP contribution in [0.3, 0.4) is 0 Å². The summed E-state index contributed by atoms with van der Waals surface area (Å²) >= 11 is 7.68. The van der Waals surface area contributed by atoms with Crippen LogP contribution in [0, 0.1) is 0 Å². The molecule has 2 amide bonds. The fourth-order valence-electron chi connectivity index (χ4n) is 2.91. The van der Waals surface area contributed by atoms with Gasteiger partial charge in [0, 0.05) is 28.2 Å². The van der Waals surface area contributed by atoms with Crippen LogP contribution in [0.15, 0.2) is 78.2 Å². The maximum absolute atomic E-state index is 12.5. The smallest absolute Gasteiger partial charge is 0.283 e. The summed E-state index contributed by atoms with van der Waals surface area (Å²) in [6.07, 6.45) is 3.12. The quantitative estimate of drug-likeness (QED) is 0.318. The standard InChI is InChI=1S/C23H17ClN4O2S/c1-14(27-28-23(30)21-20(24)18-6-2-3-7-19(18)31-21)15-8-10-17(11-9-15)26-22(29)16-5-4-12-25-13-16/h2-13H,1H3,(H,26,29)(H,28,30)/b27-14-. The highest BCUT2D eigenvalue weighted by molar-refractivity contribution is 7.21. The minimum absolute atomic E-state index is 0.237. The van der Waals surface area contributed by atoms with E-state index in [1.54, 1.807) is 37.4 Å². The van der Waals surface area contributed by atoms with Crippen molar-refractivity contribution in [3.63, 3.8) is 0 Å². The molecule has 0 aliphatic carbocycles. The van der Waals surface area contributed by atoms with Gasteiger partial charge in [0.2, 0.25) is 0 Å². The van der Waals surface area contributed by atoms with Crippen LogP contribution in [0.1, 0.15) is 32.5 Å². The first-order valence-corrected chi connectivity index (χ1v) is 10.6. The number of nitrogens with one attached hydrogen (secondary N) is 2. The number of nitrogens with zero attached hydrogens (tertiary/aromatic N) is 2. The van der Waals surface area contributed by atoms with Gasteiger partial charge in [-0.15, -0.1) is 11.3 Å². The van der Waals surface area contributed by atoms with E-state index in [1.807, 2.05) is 36.4 Å². The third kappa shape index (κ3) is 4.63. The average molecular weight is 449 g/mol. The predicted octanol–water partition coefficient (Wildman–Crippen LogP) is 5.36. The van der Waals surface area contributed by atoms with Gasteiger partial charge in [0.05, 0.1) is 16.3 Å². The lowest BCUT2D eigenvalue weighted by atomic mass is 10.1. The number of amides is 2. The van der Waals surface area contributed by atoms with Crippen LogP contribution < -0.4 is 10.7 Å². The summed E-state index contributed by atoms with van der Waals surface area (Å²) in [5, 5.41) is 8.28. The molecular formula is C23H17ClN4O2S. The van der Waals surface area contributed by atoms with Crippen LogP contribution in [-0.4, -0.2) is 22.5 Å². The SMILES string of the molecule is C/C(=N/NC(=O)c1sc2ccccc2c1Cl)c1ccc(NC(=O)c2cccnc2)cc1. The number of hydrogen-bond acceptors (Lipinski definition) is 5. The number of aromatic nitrogens is 1. The number of thiophene rings is 1. The molecule has 2 aromatic carbocycles. The van der Waals surface area contributed by atoms with E-state index >= 15 is 0 Å². The minimum Gasteiger partial charge on any atom is -0.322 e. The number of pyridine rings is 1. The summed E-state index contributed by atoms with van der Waals surface area (Å²) in [7, 11) is 0. The van der Waals surface area contributed by atoms with E-state index in [4.69, 9.17) is 11.6 Å². The first-order chi connectivity index (χ1) is 15.0. The minimum atomic E-state index is -0.356. The number of benzene rings is 2. The van der Waals surface area contributed by atoms with Crippen LogP contribution in [0.2, 0.25) is 5.02 Å². The Morgan fingerprint density at radius 1 is 0.968 bits per heavy atom. The van der Waals surface area contributed by atoms with Crippen molar-refractivity contribution in [1.29, 1.82) is 0 Å². The molecule has 0 unspecified atom stereocenters. The number of hydrazone groups is 1. The van der Waals surface area contributed by atoms with Crippen LogP contribution >= 0.6 is 22.9 Å². The molecule has 4 rings (SSSR count). The van der Waals surface area contributed by atoms with Gasteiger partial charge >= 0.3 is 0 Å². The molecule has 31 heavy (non-hydrogen) atoms. The van der Waals surface area contributed by atoms with Crippen molar-refractivity contribution in [3.8, 4) is 0 Å². The Labute approximate surface area is 187 Å². The van der Waals surface area contributed by atoms with Gasteiger partial charge in [-0.3, -0.25) is 14.6 Å². The normalized spacial score (nSPS) is 11.4. The molecular weight excluding hydrogens is 432 g/mol. The van der Waals surface area contributed by atoms with E-state index in [-0.39, 0.29) is 11.8 Å². The molecule has 0 fully saturated rings. The first-order valence-electron chi connectivity index (χ1n) is 9.36. The van der Waals surface area contributed by atoms with Crippen molar-refractivity contribution in [1.82, 2.24) is 10.4 Å². The number of carbonyl (C=O) groups is 2. The molecule has 2 heterocycles. The van der Waals surface area contributed by atoms with Gasteiger partial charge in [0.25, 0.3) is 11.8 Å². The van der Waals surface area contributed by atoms with Crippen molar-refractivity contribution in [2.45, 2.75) is 6.92 Å². The summed E-state index contributed by atoms with van der Waals surface area (Å²) in [5.74, 6) is -0.593. The number of halogens is 1. The zero-order valence-electron chi connectivity index (χ0n) is 16.4. The summed E-state index contributed by atoms with van der Waals surface area (Å²) in [5.41, 5.74) is 5.12. The monoisotopic (exact) mass is 448 g/mol. The molecule has 0 bridgehead atoms. The second-order valence-electron chi connectivity index (χ2n) is 6.65. The van der Waals surface area contributed by atoms with Crippen LogP contribution in [0.5, 0.6) is 0 Å². The second-order valence-corrected chi connectivity index (χ2v) is 8.08. The van der Waals surface area contributed by atoms with E-state index in [0.717, 1.165) is 15.6 Å². The Balaban J connectivity index is 1.42. The van der Waals surface area contributed by atoms with Crippen molar-refractivity contribution < 1.29 is 9.59 Å². The maximum atomic E-state index is 12.5. The number of carbonyl (C=O) groups excluding carboxylic acids is 2. The summed E-state index contributed by atoms with van der Waals surface area (Å²) < 4.78 is 0.947. The lowest BCUT2D eigenvalue weighted by Gasteiger charge is -2.07. The third-order valence-electron chi connectivity index (χ3n) is 4.55. The highest BCUT2D eigenvalue weighted by atomic mass is 35.5. The zero-order valence-corrected chi connectivity index (χ0v) is 18.0. The van der Waals surface area contributed by atoms with Gasteiger partial charge in [-0.1, -0.05) is 41.9 Å². The average Bonchev–Trinajstić information content (AvgIpc) is 3.15. The largest absolute Gasteiger partial charge is 0.322 e. The number of hydrogen-bond donors (Lipinski definition) is 2. The fraction of sp³-hybridized carbons (Fsp3) is 0.0435. The molecule has 2 aromatic heterocycles. The van der Waals surface area contributed by atoms with Crippen molar-refractivity contribution in [2.75, 3.05) is 5.32 Å². The number of rotatable bonds is 5. The maximum Gasteiger partial charge on any atom is 0.283 e. The summed E-state index contributed by atoms with van der Waals surface area (Å²) in [4.78, 5) is 29.1. The molecule has 0 aliphatic heterocycles. The van der Waals surface area contributed by atoms with Gasteiger partial charge in [0.15, 0.2) is 0 Å². The Bertz CT molecular complexity index is 1280. The van der Waals surface area contributed by atoms with Gasteiger partial charge in [-0.25, -0.2) is 5.43 Å². The Morgan fingerprint density at radius 2 is 1.74 bits per heavy atom. The van der Waals surface area contributed by atoms with Gasteiger partial charge < -0.3 is 5.32 Å². The van der Waals surface area contributed by atoms with Crippen LogP contribution in [-0.2, 0) is 0 Å². The Kier molecular flexibility index (Phi) is 6.06. The Morgan fingerprint density at radius 3 is 2.45 bits per heavy atom. The van der Waals surface area contributed by atoms with Crippen molar-refractivity contribution in [2.24, 2.45) is 5.10 Å². The van der Waals surface area contributed by atoms with Gasteiger partial charge in [-0.2, -0.15) is 5.10 Å². The van der Waals surface area contributed by atoms with E-state index in [2.05, 4.69) is 20.8 Å². The number of fused-ring (bicyclic) bond motifs is 1.